The highest BCUT2D eigenvalue weighted by Crippen LogP contribution is 2.35. The van der Waals surface area contributed by atoms with E-state index in [1.54, 1.807) is 0 Å². The molecular weight excluding hydrogens is 240 g/mol. The molecule has 1 saturated carbocycles. The molecule has 1 fully saturated rings. The molecule has 1 N–H and O–H groups in total. The van der Waals surface area contributed by atoms with Crippen molar-refractivity contribution in [2.75, 3.05) is 0 Å². The molecule has 1 aliphatic rings. The van der Waals surface area contributed by atoms with E-state index in [0.29, 0.717) is 0 Å². The molecule has 1 atom stereocenters. The molecule has 0 bridgehead atoms. The van der Waals surface area contributed by atoms with E-state index in [9.17, 15) is 5.11 Å². The van der Waals surface area contributed by atoms with Gasteiger partial charge in [0.2, 0.25) is 0 Å². The predicted molar refractivity (Wildman–Crippen MR) is 81.4 cm³/mol. The van der Waals surface area contributed by atoms with Crippen molar-refractivity contribution in [2.24, 2.45) is 0 Å². The van der Waals surface area contributed by atoms with Crippen molar-refractivity contribution in [1.82, 2.24) is 0 Å². The Balaban J connectivity index is 3.02. The van der Waals surface area contributed by atoms with E-state index in [1.807, 2.05) is 0 Å². The van der Waals surface area contributed by atoms with Crippen LogP contribution in [0.5, 0.6) is 0 Å². The van der Waals surface area contributed by atoms with Gasteiger partial charge in [-0.25, -0.2) is 0 Å². The first-order valence-electron chi connectivity index (χ1n) is 6.51. The van der Waals surface area contributed by atoms with Gasteiger partial charge in [-0.3, -0.25) is 0 Å². The molecule has 0 heterocycles. The highest BCUT2D eigenvalue weighted by Gasteiger charge is 2.35. The van der Waals surface area contributed by atoms with Crippen LogP contribution in [0.25, 0.3) is 0 Å². The van der Waals surface area contributed by atoms with Crippen LogP contribution in [0.3, 0.4) is 0 Å². The number of hydrogen-bond acceptors (Lipinski definition) is 1. The normalized spacial score (nSPS) is 28.1. The van der Waals surface area contributed by atoms with Crippen LogP contribution in [-0.4, -0.2) is 26.9 Å². The molecule has 0 radical (unpaired) electrons. The topological polar surface area (TPSA) is 20.2 Å². The van der Waals surface area contributed by atoms with Gasteiger partial charge in [-0.1, -0.05) is 50.9 Å². The second-order valence-electron chi connectivity index (χ2n) is 7.25. The lowest BCUT2D eigenvalue weighted by Crippen LogP contribution is -2.29. The van der Waals surface area contributed by atoms with Crippen molar-refractivity contribution in [3.8, 4) is 11.5 Å². The summed E-state index contributed by atoms with van der Waals surface area (Å²) in [5.74, 6) is 3.19. The molecule has 0 aromatic rings. The van der Waals surface area contributed by atoms with Crippen molar-refractivity contribution >= 4 is 16.1 Å². The summed E-state index contributed by atoms with van der Waals surface area (Å²) >= 11 is 0. The molecule has 1 rings (SSSR count). The predicted octanol–water partition coefficient (Wildman–Crippen LogP) is 3.59. The zero-order valence-electron chi connectivity index (χ0n) is 12.1. The quantitative estimate of drug-likeness (QED) is 0.568. The van der Waals surface area contributed by atoms with E-state index in [2.05, 4.69) is 56.4 Å². The van der Waals surface area contributed by atoms with Crippen LogP contribution in [0.15, 0.2) is 11.3 Å². The van der Waals surface area contributed by atoms with Gasteiger partial charge in [0.15, 0.2) is 0 Å². The van der Waals surface area contributed by atoms with Gasteiger partial charge in [-0.15, -0.1) is 5.54 Å². The van der Waals surface area contributed by atoms with Crippen LogP contribution in [-0.2, 0) is 0 Å². The summed E-state index contributed by atoms with van der Waals surface area (Å²) in [6, 6.07) is 0. The average molecular weight is 267 g/mol. The van der Waals surface area contributed by atoms with E-state index in [4.69, 9.17) is 0 Å². The standard InChI is InChI=1S/C14H26OSi2/c1-16(2,3)11-10-14(15)9-7-8-13(14)12-17(4,5)6/h12,15H,7-9H2,1-6H3/b13-12+/t14-/m0/s1. The van der Waals surface area contributed by atoms with E-state index in [-0.39, 0.29) is 0 Å². The highest BCUT2D eigenvalue weighted by atomic mass is 28.3. The lowest BCUT2D eigenvalue weighted by molar-refractivity contribution is 0.147. The van der Waals surface area contributed by atoms with Crippen LogP contribution < -0.4 is 0 Å². The van der Waals surface area contributed by atoms with Gasteiger partial charge in [0, 0.05) is 0 Å². The lowest BCUT2D eigenvalue weighted by atomic mass is 10.00. The number of rotatable bonds is 1. The van der Waals surface area contributed by atoms with Crippen LogP contribution in [0, 0.1) is 11.5 Å². The fourth-order valence-electron chi connectivity index (χ4n) is 2.05. The summed E-state index contributed by atoms with van der Waals surface area (Å²) in [6.07, 6.45) is 2.93. The van der Waals surface area contributed by atoms with E-state index in [1.165, 1.54) is 5.57 Å². The Labute approximate surface area is 108 Å². The van der Waals surface area contributed by atoms with Gasteiger partial charge in [-0.05, 0) is 24.8 Å². The molecule has 0 saturated heterocycles. The summed E-state index contributed by atoms with van der Waals surface area (Å²) in [7, 11) is -2.66. The smallest absolute Gasteiger partial charge is 0.146 e. The summed E-state index contributed by atoms with van der Waals surface area (Å²) in [5.41, 5.74) is 6.07. The second kappa shape index (κ2) is 4.76. The molecule has 0 aromatic heterocycles. The number of aliphatic hydroxyl groups is 1. The first kappa shape index (κ1) is 14.8. The third kappa shape index (κ3) is 4.83. The van der Waals surface area contributed by atoms with Gasteiger partial charge in [0.1, 0.15) is 13.7 Å². The first-order chi connectivity index (χ1) is 7.52. The Kier molecular flexibility index (Phi) is 4.13. The summed E-state index contributed by atoms with van der Waals surface area (Å²) < 4.78 is 0. The second-order valence-corrected chi connectivity index (χ2v) is 17.0. The molecule has 0 aromatic carbocycles. The molecule has 1 nitrogen and oxygen atoms in total. The Morgan fingerprint density at radius 1 is 1.18 bits per heavy atom. The van der Waals surface area contributed by atoms with Crippen LogP contribution in [0.2, 0.25) is 39.3 Å². The fourth-order valence-corrected chi connectivity index (χ4v) is 4.06. The average Bonchev–Trinajstić information content (AvgIpc) is 2.42. The van der Waals surface area contributed by atoms with Gasteiger partial charge < -0.3 is 5.11 Å². The van der Waals surface area contributed by atoms with Crippen molar-refractivity contribution in [3.63, 3.8) is 0 Å². The lowest BCUT2D eigenvalue weighted by Gasteiger charge is -2.22. The van der Waals surface area contributed by atoms with Gasteiger partial charge in [0.05, 0.1) is 8.07 Å². The SMILES string of the molecule is C[Si](C)(C)C#C[C@@]1(O)CCC/C1=C\[Si](C)(C)C. The zero-order valence-corrected chi connectivity index (χ0v) is 14.1. The minimum absolute atomic E-state index is 0.805. The van der Waals surface area contributed by atoms with Crippen molar-refractivity contribution in [1.29, 1.82) is 0 Å². The Morgan fingerprint density at radius 2 is 1.76 bits per heavy atom. The van der Waals surface area contributed by atoms with Crippen LogP contribution in [0.1, 0.15) is 19.3 Å². The summed E-state index contributed by atoms with van der Waals surface area (Å²) in [6.45, 7) is 13.6. The van der Waals surface area contributed by atoms with Gasteiger partial charge in [0.25, 0.3) is 0 Å². The van der Waals surface area contributed by atoms with E-state index >= 15 is 0 Å². The van der Waals surface area contributed by atoms with Crippen molar-refractivity contribution in [2.45, 2.75) is 64.1 Å². The monoisotopic (exact) mass is 266 g/mol. The molecule has 3 heteroatoms. The third-order valence-electron chi connectivity index (χ3n) is 2.77. The minimum atomic E-state index is -1.40. The zero-order chi connectivity index (χ0) is 13.3. The maximum Gasteiger partial charge on any atom is 0.146 e. The molecule has 17 heavy (non-hydrogen) atoms. The van der Waals surface area contributed by atoms with Gasteiger partial charge in [-0.2, -0.15) is 0 Å². The summed E-state index contributed by atoms with van der Waals surface area (Å²) in [4.78, 5) is 0. The van der Waals surface area contributed by atoms with Crippen molar-refractivity contribution in [3.05, 3.63) is 11.3 Å². The van der Waals surface area contributed by atoms with Gasteiger partial charge >= 0.3 is 0 Å². The third-order valence-corrected chi connectivity index (χ3v) is 4.86. The Hall–Kier alpha value is -0.306. The fraction of sp³-hybridized carbons (Fsp3) is 0.714. The molecule has 0 spiro atoms. The maximum absolute atomic E-state index is 10.7. The maximum atomic E-state index is 10.7. The minimum Gasteiger partial charge on any atom is -0.374 e. The molecule has 1 aliphatic carbocycles. The van der Waals surface area contributed by atoms with E-state index in [0.717, 1.165) is 19.3 Å². The largest absolute Gasteiger partial charge is 0.374 e. The molecule has 0 amide bonds. The number of hydrogen-bond donors (Lipinski definition) is 1. The van der Waals surface area contributed by atoms with Crippen molar-refractivity contribution < 1.29 is 5.11 Å². The Bertz CT molecular complexity index is 374. The highest BCUT2D eigenvalue weighted by molar-refractivity contribution is 6.84. The first-order valence-corrected chi connectivity index (χ1v) is 13.6. The Morgan fingerprint density at radius 3 is 2.24 bits per heavy atom. The van der Waals surface area contributed by atoms with E-state index < -0.39 is 21.7 Å². The van der Waals surface area contributed by atoms with Crippen LogP contribution >= 0.6 is 0 Å². The molecule has 0 unspecified atom stereocenters. The molecular formula is C14H26OSi2. The summed E-state index contributed by atoms with van der Waals surface area (Å²) in [5, 5.41) is 10.7. The molecule has 96 valence electrons. The molecule has 0 aliphatic heterocycles. The van der Waals surface area contributed by atoms with Crippen LogP contribution in [0.4, 0.5) is 0 Å².